The van der Waals surface area contributed by atoms with Crippen LogP contribution in [0.15, 0.2) is 29.1 Å². The molecule has 3 aromatic rings. The van der Waals surface area contributed by atoms with E-state index >= 15 is 0 Å². The zero-order valence-electron chi connectivity index (χ0n) is 15.4. The monoisotopic (exact) mass is 415 g/mol. The fourth-order valence-electron chi connectivity index (χ4n) is 3.00. The summed E-state index contributed by atoms with van der Waals surface area (Å²) in [5.41, 5.74) is 11.3. The maximum absolute atomic E-state index is 13.1. The molecule has 2 aromatic heterocycles. The average Bonchev–Trinajstić information content (AvgIpc) is 2.98. The molecular weight excluding hydrogens is 398 g/mol. The van der Waals surface area contributed by atoms with Crippen molar-refractivity contribution in [3.63, 3.8) is 0 Å². The van der Waals surface area contributed by atoms with Gasteiger partial charge in [0.05, 0.1) is 15.2 Å². The average molecular weight is 415 g/mol. The van der Waals surface area contributed by atoms with E-state index in [0.29, 0.717) is 21.8 Å². The number of primary amides is 2. The molecule has 29 heavy (non-hydrogen) atoms. The topological polar surface area (TPSA) is 164 Å². The van der Waals surface area contributed by atoms with Crippen LogP contribution < -0.4 is 17.0 Å². The minimum absolute atomic E-state index is 0.0284. The number of nitrogens with two attached hydrogens (primary N) is 2. The fourth-order valence-corrected chi connectivity index (χ4v) is 4.04. The zero-order chi connectivity index (χ0) is 21.3. The van der Waals surface area contributed by atoms with Gasteiger partial charge in [-0.05, 0) is 18.1 Å². The predicted molar refractivity (Wildman–Crippen MR) is 107 cm³/mol. The van der Waals surface area contributed by atoms with Gasteiger partial charge in [-0.3, -0.25) is 29.1 Å². The summed E-state index contributed by atoms with van der Waals surface area (Å²) < 4.78 is 1.35. The van der Waals surface area contributed by atoms with Crippen molar-refractivity contribution >= 4 is 39.1 Å². The van der Waals surface area contributed by atoms with Gasteiger partial charge in [0.2, 0.25) is 5.91 Å². The Kier molecular flexibility index (Phi) is 5.41. The Morgan fingerprint density at radius 3 is 2.45 bits per heavy atom. The number of rotatable bonds is 7. The van der Waals surface area contributed by atoms with E-state index in [0.717, 1.165) is 11.3 Å². The van der Waals surface area contributed by atoms with Gasteiger partial charge in [-0.15, -0.1) is 11.3 Å². The number of aryl methyl sites for hydroxylation is 1. The van der Waals surface area contributed by atoms with Crippen molar-refractivity contribution in [1.29, 1.82) is 0 Å². The first-order valence-electron chi connectivity index (χ1n) is 8.53. The van der Waals surface area contributed by atoms with E-state index in [4.69, 9.17) is 11.5 Å². The van der Waals surface area contributed by atoms with Crippen molar-refractivity contribution < 1.29 is 14.5 Å². The van der Waals surface area contributed by atoms with Gasteiger partial charge in [0.15, 0.2) is 0 Å². The third kappa shape index (κ3) is 3.99. The van der Waals surface area contributed by atoms with Crippen molar-refractivity contribution in [3.05, 3.63) is 66.6 Å². The van der Waals surface area contributed by atoms with E-state index in [-0.39, 0.29) is 35.3 Å². The second-order valence-electron chi connectivity index (χ2n) is 6.40. The van der Waals surface area contributed by atoms with Crippen molar-refractivity contribution in [3.8, 4) is 0 Å². The lowest BCUT2D eigenvalue weighted by molar-refractivity contribution is -0.384. The summed E-state index contributed by atoms with van der Waals surface area (Å²) in [5.74, 6) is -0.862. The Morgan fingerprint density at radius 1 is 1.24 bits per heavy atom. The van der Waals surface area contributed by atoms with E-state index in [1.165, 1.54) is 16.7 Å². The summed E-state index contributed by atoms with van der Waals surface area (Å²) in [4.78, 5) is 51.4. The molecule has 0 saturated heterocycles. The standard InChI is InChI=1S/C18H17N5O5S/c1-9-14-17(29-15(9)16(20)25)21-13(22(18(14)26)7-6-12(19)24)8-10-2-4-11(5-3-10)23(27)28/h2-5H,6-8H2,1H3,(H2,19,24)(H2,20,25). The van der Waals surface area contributed by atoms with Crippen LogP contribution in [-0.2, 0) is 17.8 Å². The number of benzene rings is 1. The summed E-state index contributed by atoms with van der Waals surface area (Å²) in [5, 5.41) is 11.1. The van der Waals surface area contributed by atoms with Crippen molar-refractivity contribution in [2.24, 2.45) is 11.5 Å². The van der Waals surface area contributed by atoms with Crippen LogP contribution in [0.4, 0.5) is 5.69 Å². The predicted octanol–water partition coefficient (Wildman–Crippen LogP) is 1.24. The molecular formula is C18H17N5O5S. The molecule has 0 spiro atoms. The minimum Gasteiger partial charge on any atom is -0.370 e. The maximum atomic E-state index is 13.1. The Balaban J connectivity index is 2.13. The van der Waals surface area contributed by atoms with Crippen LogP contribution in [0.1, 0.15) is 33.0 Å². The molecule has 1 aromatic carbocycles. The van der Waals surface area contributed by atoms with Crippen LogP contribution >= 0.6 is 11.3 Å². The van der Waals surface area contributed by atoms with Crippen molar-refractivity contribution in [2.75, 3.05) is 0 Å². The van der Waals surface area contributed by atoms with Gasteiger partial charge in [-0.2, -0.15) is 0 Å². The molecule has 0 aliphatic carbocycles. The van der Waals surface area contributed by atoms with Crippen LogP contribution in [0.25, 0.3) is 10.2 Å². The maximum Gasteiger partial charge on any atom is 0.269 e. The third-order valence-corrected chi connectivity index (χ3v) is 5.64. The number of nitro groups is 1. The summed E-state index contributed by atoms with van der Waals surface area (Å²) in [6, 6.07) is 5.86. The quantitative estimate of drug-likeness (QED) is 0.435. The molecule has 0 aliphatic rings. The second-order valence-corrected chi connectivity index (χ2v) is 7.40. The number of aromatic nitrogens is 2. The largest absolute Gasteiger partial charge is 0.370 e. The number of amides is 2. The van der Waals surface area contributed by atoms with E-state index < -0.39 is 22.3 Å². The smallest absolute Gasteiger partial charge is 0.269 e. The van der Waals surface area contributed by atoms with Crippen LogP contribution in [0, 0.1) is 17.0 Å². The molecule has 11 heteroatoms. The number of nitrogens with zero attached hydrogens (tertiary/aromatic N) is 3. The summed E-state index contributed by atoms with van der Waals surface area (Å²) in [6.45, 7) is 1.65. The number of hydrogen-bond donors (Lipinski definition) is 2. The van der Waals surface area contributed by atoms with Gasteiger partial charge < -0.3 is 11.5 Å². The first-order valence-corrected chi connectivity index (χ1v) is 9.35. The third-order valence-electron chi connectivity index (χ3n) is 4.44. The second kappa shape index (κ2) is 7.80. The van der Waals surface area contributed by atoms with E-state index in [1.807, 2.05) is 0 Å². The number of hydrogen-bond acceptors (Lipinski definition) is 7. The number of fused-ring (bicyclic) bond motifs is 1. The normalized spacial score (nSPS) is 10.9. The first-order chi connectivity index (χ1) is 13.7. The zero-order valence-corrected chi connectivity index (χ0v) is 16.2. The van der Waals surface area contributed by atoms with Crippen molar-refractivity contribution in [2.45, 2.75) is 26.3 Å². The van der Waals surface area contributed by atoms with Crippen molar-refractivity contribution in [1.82, 2.24) is 9.55 Å². The Labute approximate surface area is 167 Å². The van der Waals surface area contributed by atoms with Crippen LogP contribution in [0.3, 0.4) is 0 Å². The van der Waals surface area contributed by atoms with Gasteiger partial charge in [-0.25, -0.2) is 4.98 Å². The SMILES string of the molecule is Cc1c(C(N)=O)sc2nc(Cc3ccc([N+](=O)[O-])cc3)n(CCC(N)=O)c(=O)c12. The van der Waals surface area contributed by atoms with E-state index in [9.17, 15) is 24.5 Å². The summed E-state index contributed by atoms with van der Waals surface area (Å²) in [6.07, 6.45) is 0.136. The van der Waals surface area contributed by atoms with Gasteiger partial charge in [0, 0.05) is 31.5 Å². The number of nitro benzene ring substituents is 1. The molecule has 0 saturated carbocycles. The van der Waals surface area contributed by atoms with Crippen LogP contribution in [-0.4, -0.2) is 26.3 Å². The Morgan fingerprint density at radius 2 is 1.90 bits per heavy atom. The first kappa shape index (κ1) is 20.1. The van der Waals surface area contributed by atoms with Gasteiger partial charge in [0.25, 0.3) is 17.2 Å². The number of carbonyl (C=O) groups is 2. The summed E-state index contributed by atoms with van der Waals surface area (Å²) >= 11 is 1.03. The molecule has 0 aliphatic heterocycles. The lowest BCUT2D eigenvalue weighted by Gasteiger charge is -2.12. The number of non-ortho nitro benzene ring substituents is 1. The lowest BCUT2D eigenvalue weighted by Crippen LogP contribution is -2.28. The molecule has 0 fully saturated rings. The highest BCUT2D eigenvalue weighted by atomic mass is 32.1. The van der Waals surface area contributed by atoms with Crippen LogP contribution in [0.5, 0.6) is 0 Å². The summed E-state index contributed by atoms with van der Waals surface area (Å²) in [7, 11) is 0. The lowest BCUT2D eigenvalue weighted by atomic mass is 10.1. The molecule has 0 atom stereocenters. The van der Waals surface area contributed by atoms with E-state index in [2.05, 4.69) is 4.98 Å². The molecule has 10 nitrogen and oxygen atoms in total. The number of thiophene rings is 1. The Hall–Kier alpha value is -3.60. The molecule has 4 N–H and O–H groups in total. The molecule has 0 unspecified atom stereocenters. The highest BCUT2D eigenvalue weighted by Gasteiger charge is 2.20. The van der Waals surface area contributed by atoms with Gasteiger partial charge >= 0.3 is 0 Å². The van der Waals surface area contributed by atoms with E-state index in [1.54, 1.807) is 19.1 Å². The highest BCUT2D eigenvalue weighted by Crippen LogP contribution is 2.27. The molecule has 0 radical (unpaired) electrons. The molecule has 150 valence electrons. The fraction of sp³-hybridized carbons (Fsp3) is 0.222. The van der Waals surface area contributed by atoms with Gasteiger partial charge in [-0.1, -0.05) is 12.1 Å². The van der Waals surface area contributed by atoms with Gasteiger partial charge in [0.1, 0.15) is 10.7 Å². The number of carbonyl (C=O) groups excluding carboxylic acids is 2. The minimum atomic E-state index is -0.648. The molecule has 3 rings (SSSR count). The highest BCUT2D eigenvalue weighted by molar-refractivity contribution is 7.20. The molecule has 2 amide bonds. The molecule has 0 bridgehead atoms. The Bertz CT molecular complexity index is 1200. The van der Waals surface area contributed by atoms with Crippen LogP contribution in [0.2, 0.25) is 0 Å². The molecule has 2 heterocycles.